The molecule has 0 aromatic heterocycles. The maximum atomic E-state index is 13.8. The Morgan fingerprint density at radius 1 is 1.33 bits per heavy atom. The van der Waals surface area contributed by atoms with Crippen LogP contribution >= 0.6 is 0 Å². The van der Waals surface area contributed by atoms with Crippen molar-refractivity contribution in [2.75, 3.05) is 17.6 Å². The molecule has 0 amide bonds. The van der Waals surface area contributed by atoms with E-state index < -0.39 is 11.8 Å². The molecule has 0 radical (unpaired) electrons. The lowest BCUT2D eigenvalue weighted by Crippen LogP contribution is -2.10. The SMILES string of the molecule is Cc1ccccc1CCNc1cc(C(=O)O)c(N)cc1F. The van der Waals surface area contributed by atoms with Crippen LogP contribution in [0.4, 0.5) is 15.8 Å². The van der Waals surface area contributed by atoms with Crippen molar-refractivity contribution in [3.8, 4) is 0 Å². The van der Waals surface area contributed by atoms with Gasteiger partial charge in [-0.15, -0.1) is 0 Å². The van der Waals surface area contributed by atoms with Crippen molar-refractivity contribution >= 4 is 17.3 Å². The average Bonchev–Trinajstić information content (AvgIpc) is 2.42. The minimum Gasteiger partial charge on any atom is -0.478 e. The first-order chi connectivity index (χ1) is 9.99. The predicted octanol–water partition coefficient (Wildman–Crippen LogP) is 3.07. The topological polar surface area (TPSA) is 75.3 Å². The van der Waals surface area contributed by atoms with E-state index in [0.29, 0.717) is 6.54 Å². The molecule has 0 atom stereocenters. The number of hydrogen-bond donors (Lipinski definition) is 3. The molecule has 0 fully saturated rings. The number of benzene rings is 2. The molecule has 4 nitrogen and oxygen atoms in total. The van der Waals surface area contributed by atoms with Crippen LogP contribution in [0.3, 0.4) is 0 Å². The second-order valence-electron chi connectivity index (χ2n) is 4.83. The molecule has 21 heavy (non-hydrogen) atoms. The van der Waals surface area contributed by atoms with Crippen molar-refractivity contribution in [2.24, 2.45) is 0 Å². The number of rotatable bonds is 5. The van der Waals surface area contributed by atoms with Gasteiger partial charge in [-0.3, -0.25) is 0 Å². The monoisotopic (exact) mass is 288 g/mol. The highest BCUT2D eigenvalue weighted by Crippen LogP contribution is 2.22. The van der Waals surface area contributed by atoms with Crippen LogP contribution in [0.1, 0.15) is 21.5 Å². The number of carbonyl (C=O) groups is 1. The Balaban J connectivity index is 2.08. The highest BCUT2D eigenvalue weighted by atomic mass is 19.1. The van der Waals surface area contributed by atoms with Crippen molar-refractivity contribution in [3.05, 3.63) is 58.9 Å². The molecule has 2 aromatic carbocycles. The molecule has 4 N–H and O–H groups in total. The van der Waals surface area contributed by atoms with Crippen LogP contribution in [-0.4, -0.2) is 17.6 Å². The van der Waals surface area contributed by atoms with Gasteiger partial charge in [-0.25, -0.2) is 9.18 Å². The molecule has 0 unspecified atom stereocenters. The Labute approximate surface area is 122 Å². The summed E-state index contributed by atoms with van der Waals surface area (Å²) in [7, 11) is 0. The molecular formula is C16H17FN2O2. The van der Waals surface area contributed by atoms with E-state index >= 15 is 0 Å². The van der Waals surface area contributed by atoms with Gasteiger partial charge in [0, 0.05) is 12.2 Å². The van der Waals surface area contributed by atoms with Crippen molar-refractivity contribution in [3.63, 3.8) is 0 Å². The standard InChI is InChI=1S/C16H17FN2O2/c1-10-4-2-3-5-11(10)6-7-19-15-8-12(16(20)21)14(18)9-13(15)17/h2-5,8-9,19H,6-7,18H2,1H3,(H,20,21). The molecule has 0 aliphatic rings. The van der Waals surface area contributed by atoms with E-state index in [1.807, 2.05) is 31.2 Å². The summed E-state index contributed by atoms with van der Waals surface area (Å²) in [5.41, 5.74) is 7.78. The maximum Gasteiger partial charge on any atom is 0.337 e. The Kier molecular flexibility index (Phi) is 4.42. The van der Waals surface area contributed by atoms with Gasteiger partial charge in [0.15, 0.2) is 0 Å². The smallest absolute Gasteiger partial charge is 0.337 e. The van der Waals surface area contributed by atoms with Gasteiger partial charge in [0.05, 0.1) is 11.3 Å². The van der Waals surface area contributed by atoms with E-state index in [1.165, 1.54) is 17.2 Å². The number of nitrogens with one attached hydrogen (secondary N) is 1. The first kappa shape index (κ1) is 14.8. The summed E-state index contributed by atoms with van der Waals surface area (Å²) in [6, 6.07) is 10.2. The zero-order chi connectivity index (χ0) is 15.4. The minimum atomic E-state index is -1.17. The van der Waals surface area contributed by atoms with Gasteiger partial charge in [0.1, 0.15) is 5.82 Å². The fraction of sp³-hybridized carbons (Fsp3) is 0.188. The number of aromatic carboxylic acids is 1. The van der Waals surface area contributed by atoms with Crippen LogP contribution in [0.5, 0.6) is 0 Å². The number of nitrogens with two attached hydrogens (primary N) is 1. The van der Waals surface area contributed by atoms with Crippen LogP contribution in [0.15, 0.2) is 36.4 Å². The lowest BCUT2D eigenvalue weighted by molar-refractivity contribution is 0.0698. The van der Waals surface area contributed by atoms with Gasteiger partial charge in [0.25, 0.3) is 0 Å². The predicted molar refractivity (Wildman–Crippen MR) is 81.1 cm³/mol. The molecule has 0 spiro atoms. The van der Waals surface area contributed by atoms with Crippen LogP contribution in [0, 0.1) is 12.7 Å². The summed E-state index contributed by atoms with van der Waals surface area (Å²) in [5, 5.41) is 11.9. The van der Waals surface area contributed by atoms with Crippen LogP contribution in [0.25, 0.3) is 0 Å². The third-order valence-electron chi connectivity index (χ3n) is 3.34. The van der Waals surface area contributed by atoms with Gasteiger partial charge >= 0.3 is 5.97 Å². The van der Waals surface area contributed by atoms with Crippen molar-refractivity contribution in [1.82, 2.24) is 0 Å². The quantitative estimate of drug-likeness (QED) is 0.739. The van der Waals surface area contributed by atoms with Crippen LogP contribution in [-0.2, 0) is 6.42 Å². The van der Waals surface area contributed by atoms with Crippen molar-refractivity contribution in [1.29, 1.82) is 0 Å². The first-order valence-corrected chi connectivity index (χ1v) is 6.59. The fourth-order valence-electron chi connectivity index (χ4n) is 2.13. The summed E-state index contributed by atoms with van der Waals surface area (Å²) in [4.78, 5) is 11.0. The Morgan fingerprint density at radius 2 is 2.05 bits per heavy atom. The second-order valence-corrected chi connectivity index (χ2v) is 4.83. The van der Waals surface area contributed by atoms with E-state index in [2.05, 4.69) is 5.32 Å². The largest absolute Gasteiger partial charge is 0.478 e. The molecule has 2 rings (SSSR count). The average molecular weight is 288 g/mol. The highest BCUT2D eigenvalue weighted by Gasteiger charge is 2.13. The summed E-state index contributed by atoms with van der Waals surface area (Å²) in [5.74, 6) is -1.73. The molecular weight excluding hydrogens is 271 g/mol. The molecule has 0 saturated carbocycles. The minimum absolute atomic E-state index is 0.0792. The van der Waals surface area contributed by atoms with Gasteiger partial charge in [-0.05, 0) is 36.6 Å². The van der Waals surface area contributed by atoms with Crippen molar-refractivity contribution < 1.29 is 14.3 Å². The van der Waals surface area contributed by atoms with E-state index in [0.717, 1.165) is 12.5 Å². The molecule has 0 aliphatic heterocycles. The molecule has 0 heterocycles. The molecule has 0 saturated heterocycles. The van der Waals surface area contributed by atoms with Gasteiger partial charge < -0.3 is 16.2 Å². The highest BCUT2D eigenvalue weighted by molar-refractivity contribution is 5.94. The normalized spacial score (nSPS) is 10.4. The van der Waals surface area contributed by atoms with Crippen LogP contribution in [0.2, 0.25) is 0 Å². The lowest BCUT2D eigenvalue weighted by atomic mass is 10.1. The fourth-order valence-corrected chi connectivity index (χ4v) is 2.13. The van der Waals surface area contributed by atoms with Gasteiger partial charge in [-0.2, -0.15) is 0 Å². The molecule has 110 valence electrons. The number of hydrogen-bond acceptors (Lipinski definition) is 3. The van der Waals surface area contributed by atoms with E-state index in [-0.39, 0.29) is 16.9 Å². The Hall–Kier alpha value is -2.56. The summed E-state index contributed by atoms with van der Waals surface area (Å²) in [6.07, 6.45) is 0.721. The zero-order valence-corrected chi connectivity index (χ0v) is 11.7. The van der Waals surface area contributed by atoms with Gasteiger partial charge in [-0.1, -0.05) is 24.3 Å². The van der Waals surface area contributed by atoms with Gasteiger partial charge in [0.2, 0.25) is 0 Å². The van der Waals surface area contributed by atoms with Crippen LogP contribution < -0.4 is 11.1 Å². The summed E-state index contributed by atoms with van der Waals surface area (Å²) in [6.45, 7) is 2.52. The maximum absolute atomic E-state index is 13.8. The number of carboxylic acid groups (broad SMARTS) is 1. The zero-order valence-electron chi connectivity index (χ0n) is 11.7. The number of aryl methyl sites for hydroxylation is 1. The number of halogens is 1. The molecule has 0 aliphatic carbocycles. The van der Waals surface area contributed by atoms with E-state index in [4.69, 9.17) is 10.8 Å². The van der Waals surface area contributed by atoms with Crippen molar-refractivity contribution in [2.45, 2.75) is 13.3 Å². The first-order valence-electron chi connectivity index (χ1n) is 6.59. The molecule has 0 bridgehead atoms. The number of nitrogen functional groups attached to an aromatic ring is 1. The third-order valence-corrected chi connectivity index (χ3v) is 3.34. The third kappa shape index (κ3) is 3.51. The Morgan fingerprint density at radius 3 is 2.71 bits per heavy atom. The summed E-state index contributed by atoms with van der Waals surface area (Å²) < 4.78 is 13.8. The lowest BCUT2D eigenvalue weighted by Gasteiger charge is -2.11. The Bertz CT molecular complexity index is 671. The van der Waals surface area contributed by atoms with E-state index in [1.54, 1.807) is 0 Å². The molecule has 2 aromatic rings. The second kappa shape index (κ2) is 6.26. The number of anilines is 2. The van der Waals surface area contributed by atoms with E-state index in [9.17, 15) is 9.18 Å². The summed E-state index contributed by atoms with van der Waals surface area (Å²) >= 11 is 0. The molecule has 5 heteroatoms. The number of carboxylic acids is 1.